The van der Waals surface area contributed by atoms with E-state index in [1.807, 2.05) is 42.5 Å². The molecule has 0 saturated heterocycles. The van der Waals surface area contributed by atoms with Crippen LogP contribution in [0.2, 0.25) is 0 Å². The third kappa shape index (κ3) is 3.98. The number of thioether (sulfide) groups is 1. The number of hydrogen-bond donors (Lipinski definition) is 0. The molecule has 0 bridgehead atoms. The summed E-state index contributed by atoms with van der Waals surface area (Å²) in [6.45, 7) is 0. The van der Waals surface area contributed by atoms with Gasteiger partial charge >= 0.3 is 0 Å². The molecular weight excluding hydrogens is 312 g/mol. The van der Waals surface area contributed by atoms with Crippen LogP contribution < -0.4 is 4.74 Å². The summed E-state index contributed by atoms with van der Waals surface area (Å²) in [6, 6.07) is 16.6. The Bertz CT molecular complexity index is 785. The second-order valence-electron chi connectivity index (χ2n) is 4.74. The zero-order valence-corrected chi connectivity index (χ0v) is 13.2. The maximum Gasteiger partial charge on any atom is 0.284 e. The van der Waals surface area contributed by atoms with E-state index in [1.54, 1.807) is 19.2 Å². The fraction of sp³-hybridized carbons (Fsp3) is 0.118. The minimum atomic E-state index is -0.120. The number of nitrogens with zero attached hydrogens (tertiary/aromatic N) is 2. The van der Waals surface area contributed by atoms with Gasteiger partial charge in [0, 0.05) is 17.3 Å². The molecule has 0 aliphatic carbocycles. The molecular formula is C17H14N2O3S. The maximum absolute atomic E-state index is 12.1. The van der Waals surface area contributed by atoms with Crippen LogP contribution in [0, 0.1) is 0 Å². The lowest BCUT2D eigenvalue weighted by Crippen LogP contribution is -1.92. The van der Waals surface area contributed by atoms with E-state index in [2.05, 4.69) is 10.2 Å². The van der Waals surface area contributed by atoms with Crippen molar-refractivity contribution in [1.29, 1.82) is 0 Å². The molecule has 0 amide bonds. The van der Waals surface area contributed by atoms with Crippen LogP contribution in [0.25, 0.3) is 0 Å². The predicted octanol–water partition coefficient (Wildman–Crippen LogP) is 3.60. The van der Waals surface area contributed by atoms with E-state index in [9.17, 15) is 4.79 Å². The van der Waals surface area contributed by atoms with Gasteiger partial charge in [0.05, 0.1) is 13.5 Å². The molecule has 0 atom stereocenters. The van der Waals surface area contributed by atoms with Gasteiger partial charge in [-0.05, 0) is 17.7 Å². The van der Waals surface area contributed by atoms with Crippen molar-refractivity contribution in [2.24, 2.45) is 0 Å². The second kappa shape index (κ2) is 7.11. The fourth-order valence-electron chi connectivity index (χ4n) is 1.98. The van der Waals surface area contributed by atoms with Crippen molar-refractivity contribution in [2.45, 2.75) is 11.6 Å². The molecule has 0 N–H and O–H groups in total. The Morgan fingerprint density at radius 2 is 1.83 bits per heavy atom. The third-order valence-electron chi connectivity index (χ3n) is 3.15. The van der Waals surface area contributed by atoms with Crippen LogP contribution in [-0.4, -0.2) is 22.4 Å². The average Bonchev–Trinajstić information content (AvgIpc) is 3.03. The van der Waals surface area contributed by atoms with Crippen LogP contribution in [0.5, 0.6) is 5.75 Å². The molecule has 0 spiro atoms. The number of carbonyl (C=O) groups is 1. The van der Waals surface area contributed by atoms with E-state index in [1.165, 1.54) is 0 Å². The van der Waals surface area contributed by atoms with E-state index in [-0.39, 0.29) is 10.3 Å². The summed E-state index contributed by atoms with van der Waals surface area (Å²) in [7, 11) is 1.63. The highest BCUT2D eigenvalue weighted by molar-refractivity contribution is 8.14. The van der Waals surface area contributed by atoms with Crippen LogP contribution >= 0.6 is 11.8 Å². The van der Waals surface area contributed by atoms with Crippen molar-refractivity contribution in [3.05, 3.63) is 71.6 Å². The summed E-state index contributed by atoms with van der Waals surface area (Å²) in [5, 5.41) is 8.02. The largest absolute Gasteiger partial charge is 0.497 e. The summed E-state index contributed by atoms with van der Waals surface area (Å²) in [5.74, 6) is 1.27. The molecule has 1 aromatic heterocycles. The quantitative estimate of drug-likeness (QED) is 0.667. The van der Waals surface area contributed by atoms with Crippen LogP contribution in [-0.2, 0) is 6.42 Å². The normalized spacial score (nSPS) is 10.5. The molecule has 0 aliphatic heterocycles. The molecule has 1 heterocycles. The Morgan fingerprint density at radius 3 is 2.52 bits per heavy atom. The molecule has 3 rings (SSSR count). The first-order chi connectivity index (χ1) is 11.2. The van der Waals surface area contributed by atoms with Crippen molar-refractivity contribution in [3.63, 3.8) is 0 Å². The van der Waals surface area contributed by atoms with Crippen LogP contribution in [0.1, 0.15) is 21.8 Å². The first kappa shape index (κ1) is 15.3. The number of carbonyl (C=O) groups excluding carboxylic acids is 1. The van der Waals surface area contributed by atoms with Gasteiger partial charge < -0.3 is 9.15 Å². The van der Waals surface area contributed by atoms with Gasteiger partial charge in [0.2, 0.25) is 11.0 Å². The number of ether oxygens (including phenoxy) is 1. The molecule has 3 aromatic rings. The Balaban J connectivity index is 1.64. The Labute approximate surface area is 137 Å². The zero-order valence-electron chi connectivity index (χ0n) is 12.4. The molecule has 23 heavy (non-hydrogen) atoms. The van der Waals surface area contributed by atoms with Gasteiger partial charge in [-0.25, -0.2) is 0 Å². The van der Waals surface area contributed by atoms with Gasteiger partial charge in [-0.1, -0.05) is 42.5 Å². The fourth-order valence-corrected chi connectivity index (χ4v) is 2.61. The second-order valence-corrected chi connectivity index (χ2v) is 5.67. The average molecular weight is 326 g/mol. The summed E-state index contributed by atoms with van der Waals surface area (Å²) in [4.78, 5) is 12.1. The van der Waals surface area contributed by atoms with Crippen LogP contribution in [0.4, 0.5) is 0 Å². The van der Waals surface area contributed by atoms with Crippen molar-refractivity contribution in [1.82, 2.24) is 10.2 Å². The van der Waals surface area contributed by atoms with Crippen molar-refractivity contribution in [2.75, 3.05) is 7.11 Å². The zero-order chi connectivity index (χ0) is 16.1. The lowest BCUT2D eigenvalue weighted by Gasteiger charge is -2.00. The molecule has 0 aliphatic rings. The van der Waals surface area contributed by atoms with E-state index in [4.69, 9.17) is 9.15 Å². The van der Waals surface area contributed by atoms with Crippen molar-refractivity contribution >= 4 is 16.9 Å². The number of hydrogen-bond acceptors (Lipinski definition) is 6. The first-order valence-corrected chi connectivity index (χ1v) is 7.79. The summed E-state index contributed by atoms with van der Waals surface area (Å²) < 4.78 is 10.6. The van der Waals surface area contributed by atoms with E-state index in [0.717, 1.165) is 23.1 Å². The highest BCUT2D eigenvalue weighted by atomic mass is 32.2. The number of methoxy groups -OCH3 is 1. The standard InChI is InChI=1S/C17H14N2O3S/c1-21-14-9-7-12(8-10-14)11-15-18-19-17(22-15)23-16(20)13-5-3-2-4-6-13/h2-10H,11H2,1H3. The molecule has 5 nitrogen and oxygen atoms in total. The lowest BCUT2D eigenvalue weighted by atomic mass is 10.1. The first-order valence-electron chi connectivity index (χ1n) is 6.97. The molecule has 6 heteroatoms. The molecule has 116 valence electrons. The summed E-state index contributed by atoms with van der Waals surface area (Å²) in [6.07, 6.45) is 0.511. The Kier molecular flexibility index (Phi) is 4.73. The van der Waals surface area contributed by atoms with E-state index >= 15 is 0 Å². The minimum absolute atomic E-state index is 0.120. The number of aromatic nitrogens is 2. The highest BCUT2D eigenvalue weighted by Crippen LogP contribution is 2.22. The van der Waals surface area contributed by atoms with Gasteiger partial charge in [-0.2, -0.15) is 0 Å². The molecule has 0 saturated carbocycles. The SMILES string of the molecule is COc1ccc(Cc2nnc(SC(=O)c3ccccc3)o2)cc1. The monoisotopic (exact) mass is 326 g/mol. The number of benzene rings is 2. The van der Waals surface area contributed by atoms with Crippen molar-refractivity contribution < 1.29 is 13.9 Å². The van der Waals surface area contributed by atoms with Crippen LogP contribution in [0.3, 0.4) is 0 Å². The molecule has 0 radical (unpaired) electrons. The minimum Gasteiger partial charge on any atom is -0.497 e. The summed E-state index contributed by atoms with van der Waals surface area (Å²) in [5.41, 5.74) is 1.63. The van der Waals surface area contributed by atoms with Gasteiger partial charge in [-0.15, -0.1) is 10.2 Å². The van der Waals surface area contributed by atoms with Crippen molar-refractivity contribution in [3.8, 4) is 5.75 Å². The smallest absolute Gasteiger partial charge is 0.284 e. The molecule has 2 aromatic carbocycles. The topological polar surface area (TPSA) is 65.2 Å². The Morgan fingerprint density at radius 1 is 1.09 bits per heavy atom. The van der Waals surface area contributed by atoms with Gasteiger partial charge in [0.1, 0.15) is 5.75 Å². The summed E-state index contributed by atoms with van der Waals surface area (Å²) >= 11 is 0.935. The Hall–Kier alpha value is -2.60. The van der Waals surface area contributed by atoms with Crippen LogP contribution in [0.15, 0.2) is 64.2 Å². The van der Waals surface area contributed by atoms with Gasteiger partial charge in [0.15, 0.2) is 0 Å². The van der Waals surface area contributed by atoms with E-state index < -0.39 is 0 Å². The predicted molar refractivity (Wildman–Crippen MR) is 86.7 cm³/mol. The highest BCUT2D eigenvalue weighted by Gasteiger charge is 2.14. The molecule has 0 fully saturated rings. The lowest BCUT2D eigenvalue weighted by molar-refractivity contribution is 0.108. The maximum atomic E-state index is 12.1. The third-order valence-corrected chi connectivity index (χ3v) is 3.91. The molecule has 0 unspecified atom stereocenters. The van der Waals surface area contributed by atoms with E-state index in [0.29, 0.717) is 17.9 Å². The van der Waals surface area contributed by atoms with Gasteiger partial charge in [0.25, 0.3) is 5.22 Å². The van der Waals surface area contributed by atoms with Gasteiger partial charge in [-0.3, -0.25) is 4.79 Å². The number of rotatable bonds is 5.